The van der Waals surface area contributed by atoms with E-state index in [0.717, 1.165) is 43.2 Å². The Labute approximate surface area is 129 Å². The predicted molar refractivity (Wildman–Crippen MR) is 89.4 cm³/mol. The number of nitrogens with zero attached hydrogens (tertiary/aromatic N) is 3. The van der Waals surface area contributed by atoms with Crippen LogP contribution in [0.25, 0.3) is 10.9 Å². The second-order valence-electron chi connectivity index (χ2n) is 5.82. The SMILES string of the molecule is CN1CCN(Nc2c3c(nc4ccccc24)CSC3)CC1. The Kier molecular flexibility index (Phi) is 3.49. The minimum absolute atomic E-state index is 1.04. The molecule has 2 aliphatic rings. The number of rotatable bonds is 2. The lowest BCUT2D eigenvalue weighted by Gasteiger charge is -2.33. The lowest BCUT2D eigenvalue weighted by atomic mass is 10.1. The molecule has 1 N–H and O–H groups in total. The van der Waals surface area contributed by atoms with Crippen molar-refractivity contribution in [3.63, 3.8) is 0 Å². The molecule has 2 aromatic rings. The molecular formula is C16H20N4S. The maximum atomic E-state index is 4.83. The van der Waals surface area contributed by atoms with Crippen LogP contribution in [-0.2, 0) is 11.5 Å². The first-order valence-corrected chi connectivity index (χ1v) is 8.65. The number of para-hydroxylation sites is 1. The molecule has 1 aromatic heterocycles. The topological polar surface area (TPSA) is 31.4 Å². The summed E-state index contributed by atoms with van der Waals surface area (Å²) in [6, 6.07) is 8.48. The lowest BCUT2D eigenvalue weighted by molar-refractivity contribution is 0.179. The molecule has 0 atom stereocenters. The molecule has 4 nitrogen and oxygen atoms in total. The summed E-state index contributed by atoms with van der Waals surface area (Å²) in [5.41, 5.74) is 8.75. The number of hydrazine groups is 1. The van der Waals surface area contributed by atoms with Gasteiger partial charge in [0.2, 0.25) is 0 Å². The van der Waals surface area contributed by atoms with Crippen LogP contribution in [0.2, 0.25) is 0 Å². The number of hydrogen-bond acceptors (Lipinski definition) is 5. The molecule has 0 spiro atoms. The first-order chi connectivity index (χ1) is 10.3. The maximum absolute atomic E-state index is 4.83. The van der Waals surface area contributed by atoms with E-state index in [4.69, 9.17) is 4.98 Å². The molecule has 5 heteroatoms. The lowest BCUT2D eigenvalue weighted by Crippen LogP contribution is -2.47. The van der Waals surface area contributed by atoms with Gasteiger partial charge in [-0.15, -0.1) is 0 Å². The molecule has 0 aliphatic carbocycles. The van der Waals surface area contributed by atoms with E-state index in [-0.39, 0.29) is 0 Å². The maximum Gasteiger partial charge on any atom is 0.0727 e. The van der Waals surface area contributed by atoms with E-state index in [9.17, 15) is 0 Å². The summed E-state index contributed by atoms with van der Waals surface area (Å²) in [5.74, 6) is 2.11. The molecule has 0 amide bonds. The minimum Gasteiger partial charge on any atom is -0.318 e. The summed E-state index contributed by atoms with van der Waals surface area (Å²) in [5, 5.41) is 3.60. The number of fused-ring (bicyclic) bond motifs is 2. The van der Waals surface area contributed by atoms with Crippen LogP contribution in [0, 0.1) is 0 Å². The van der Waals surface area contributed by atoms with Crippen molar-refractivity contribution in [1.82, 2.24) is 14.9 Å². The van der Waals surface area contributed by atoms with Gasteiger partial charge in [0.15, 0.2) is 0 Å². The Bertz CT molecular complexity index is 665. The molecule has 110 valence electrons. The van der Waals surface area contributed by atoms with Crippen LogP contribution in [0.5, 0.6) is 0 Å². The number of likely N-dealkylation sites (N-methyl/N-ethyl adjacent to an activating group) is 1. The van der Waals surface area contributed by atoms with Gasteiger partial charge in [0, 0.05) is 48.6 Å². The molecule has 4 rings (SSSR count). The Balaban J connectivity index is 1.73. The number of anilines is 1. The number of benzene rings is 1. The van der Waals surface area contributed by atoms with E-state index in [1.165, 1.54) is 22.3 Å². The van der Waals surface area contributed by atoms with Gasteiger partial charge in [0.1, 0.15) is 0 Å². The van der Waals surface area contributed by atoms with Crippen LogP contribution < -0.4 is 5.43 Å². The molecule has 0 bridgehead atoms. The summed E-state index contributed by atoms with van der Waals surface area (Å²) in [6.45, 7) is 4.37. The van der Waals surface area contributed by atoms with Gasteiger partial charge in [-0.3, -0.25) is 4.98 Å². The van der Waals surface area contributed by atoms with Gasteiger partial charge in [0.25, 0.3) is 0 Å². The first-order valence-electron chi connectivity index (χ1n) is 7.49. The van der Waals surface area contributed by atoms with Crippen LogP contribution >= 0.6 is 11.8 Å². The number of piperazine rings is 1. The van der Waals surface area contributed by atoms with E-state index >= 15 is 0 Å². The summed E-state index contributed by atoms with van der Waals surface area (Å²) >= 11 is 1.96. The highest BCUT2D eigenvalue weighted by Gasteiger charge is 2.22. The number of nitrogens with one attached hydrogen (secondary N) is 1. The van der Waals surface area contributed by atoms with Crippen molar-refractivity contribution >= 4 is 28.4 Å². The third-order valence-corrected chi connectivity index (χ3v) is 5.31. The second-order valence-corrected chi connectivity index (χ2v) is 6.81. The van der Waals surface area contributed by atoms with Crippen LogP contribution in [0.15, 0.2) is 24.3 Å². The quantitative estimate of drug-likeness (QED) is 0.921. The predicted octanol–water partition coefficient (Wildman–Crippen LogP) is 2.56. The van der Waals surface area contributed by atoms with Gasteiger partial charge in [-0.25, -0.2) is 5.01 Å². The third-order valence-electron chi connectivity index (χ3n) is 4.34. The van der Waals surface area contributed by atoms with Crippen LogP contribution in [0.1, 0.15) is 11.3 Å². The highest BCUT2D eigenvalue weighted by atomic mass is 32.2. The fourth-order valence-corrected chi connectivity index (χ4v) is 4.08. The molecule has 21 heavy (non-hydrogen) atoms. The van der Waals surface area contributed by atoms with Crippen LogP contribution in [0.3, 0.4) is 0 Å². The minimum atomic E-state index is 1.04. The van der Waals surface area contributed by atoms with Crippen molar-refractivity contribution in [2.24, 2.45) is 0 Å². The van der Waals surface area contributed by atoms with Gasteiger partial charge in [-0.05, 0) is 13.1 Å². The Morgan fingerprint density at radius 2 is 1.90 bits per heavy atom. The highest BCUT2D eigenvalue weighted by Crippen LogP contribution is 2.38. The average molecular weight is 300 g/mol. The Hall–Kier alpha value is -1.30. The number of aromatic nitrogens is 1. The zero-order valence-electron chi connectivity index (χ0n) is 12.3. The molecule has 0 radical (unpaired) electrons. The Morgan fingerprint density at radius 1 is 1.10 bits per heavy atom. The summed E-state index contributed by atoms with van der Waals surface area (Å²) < 4.78 is 0. The smallest absolute Gasteiger partial charge is 0.0727 e. The zero-order chi connectivity index (χ0) is 14.2. The molecular weight excluding hydrogens is 280 g/mol. The fraction of sp³-hybridized carbons (Fsp3) is 0.438. The van der Waals surface area contributed by atoms with Gasteiger partial charge >= 0.3 is 0 Å². The van der Waals surface area contributed by atoms with Crippen molar-refractivity contribution < 1.29 is 0 Å². The van der Waals surface area contributed by atoms with Gasteiger partial charge in [0.05, 0.1) is 16.9 Å². The summed E-state index contributed by atoms with van der Waals surface area (Å²) in [4.78, 5) is 7.21. The summed E-state index contributed by atoms with van der Waals surface area (Å²) in [7, 11) is 2.19. The van der Waals surface area contributed by atoms with Crippen molar-refractivity contribution in [1.29, 1.82) is 0 Å². The molecule has 1 aromatic carbocycles. The largest absolute Gasteiger partial charge is 0.318 e. The van der Waals surface area contributed by atoms with Gasteiger partial charge in [-0.1, -0.05) is 18.2 Å². The van der Waals surface area contributed by atoms with Crippen molar-refractivity contribution in [3.05, 3.63) is 35.5 Å². The molecule has 0 saturated carbocycles. The molecule has 1 fully saturated rings. The van der Waals surface area contributed by atoms with E-state index < -0.39 is 0 Å². The van der Waals surface area contributed by atoms with E-state index in [2.05, 4.69) is 46.6 Å². The van der Waals surface area contributed by atoms with Gasteiger partial charge < -0.3 is 10.3 Å². The van der Waals surface area contributed by atoms with Gasteiger partial charge in [-0.2, -0.15) is 11.8 Å². The van der Waals surface area contributed by atoms with E-state index in [1.807, 2.05) is 11.8 Å². The molecule has 0 unspecified atom stereocenters. The number of pyridine rings is 1. The monoisotopic (exact) mass is 300 g/mol. The van der Waals surface area contributed by atoms with Crippen molar-refractivity contribution in [3.8, 4) is 0 Å². The van der Waals surface area contributed by atoms with Crippen LogP contribution in [-0.4, -0.2) is 48.1 Å². The Morgan fingerprint density at radius 3 is 2.76 bits per heavy atom. The summed E-state index contributed by atoms with van der Waals surface area (Å²) in [6.07, 6.45) is 0. The first kappa shape index (κ1) is 13.4. The third kappa shape index (κ3) is 2.50. The highest BCUT2D eigenvalue weighted by molar-refractivity contribution is 7.98. The fourth-order valence-electron chi connectivity index (χ4n) is 3.03. The normalized spacial score (nSPS) is 19.9. The van der Waals surface area contributed by atoms with E-state index in [1.54, 1.807) is 0 Å². The second kappa shape index (κ2) is 5.48. The molecule has 2 aliphatic heterocycles. The molecule has 1 saturated heterocycles. The number of thioether (sulfide) groups is 1. The molecule has 3 heterocycles. The van der Waals surface area contributed by atoms with Crippen LogP contribution in [0.4, 0.5) is 5.69 Å². The number of hydrogen-bond donors (Lipinski definition) is 1. The zero-order valence-corrected chi connectivity index (χ0v) is 13.1. The average Bonchev–Trinajstić information content (AvgIpc) is 2.97. The van der Waals surface area contributed by atoms with E-state index in [0.29, 0.717) is 0 Å². The van der Waals surface area contributed by atoms with Crippen molar-refractivity contribution in [2.75, 3.05) is 38.7 Å². The standard InChI is InChI=1S/C16H20N4S/c1-19-6-8-20(9-7-19)18-16-12-4-2-3-5-14(12)17-15-11-21-10-13(15)16/h2-5H,6-11H2,1H3,(H,17,18). The van der Waals surface area contributed by atoms with Crippen molar-refractivity contribution in [2.45, 2.75) is 11.5 Å².